The molecule has 32 heavy (non-hydrogen) atoms. The highest BCUT2D eigenvalue weighted by Gasteiger charge is 2.23. The van der Waals surface area contributed by atoms with Crippen molar-refractivity contribution in [3.8, 4) is 0 Å². The van der Waals surface area contributed by atoms with Crippen LogP contribution in [-0.2, 0) is 23.1 Å². The zero-order chi connectivity index (χ0) is 24.0. The van der Waals surface area contributed by atoms with E-state index in [9.17, 15) is 24.0 Å². The molecule has 0 spiro atoms. The van der Waals surface area contributed by atoms with Gasteiger partial charge in [0, 0.05) is 19.3 Å². The lowest BCUT2D eigenvalue weighted by Gasteiger charge is -2.16. The zero-order valence-corrected chi connectivity index (χ0v) is 18.3. The number of carbonyl (C=O) groups is 3. The number of amides is 1. The topological polar surface area (TPSA) is 152 Å². The molecule has 11 heteroatoms. The van der Waals surface area contributed by atoms with Gasteiger partial charge in [0.05, 0.1) is 12.2 Å². The summed E-state index contributed by atoms with van der Waals surface area (Å²) in [6.45, 7) is 4.99. The molecular weight excluding hydrogens is 420 g/mol. The minimum absolute atomic E-state index is 0.0313. The van der Waals surface area contributed by atoms with Crippen LogP contribution in [0, 0.1) is 5.92 Å². The Bertz CT molecular complexity index is 1150. The number of carbonyl (C=O) groups excluding carboxylic acids is 3. The molecule has 0 saturated carbocycles. The van der Waals surface area contributed by atoms with Crippen molar-refractivity contribution in [3.63, 3.8) is 0 Å². The van der Waals surface area contributed by atoms with Crippen molar-refractivity contribution in [2.24, 2.45) is 13.0 Å². The number of hydrogen-bond donors (Lipinski definition) is 2. The molecule has 1 heterocycles. The number of benzene rings is 1. The van der Waals surface area contributed by atoms with E-state index in [4.69, 9.17) is 15.2 Å². The SMILES string of the molecule is CCOC(=O)Nc1cccc(C(=O)OCC(=O)c2c(N)n(CC(C)C)c(=O)n(C)c2=O)c1. The standard InChI is InChI=1S/C21H26N4O7/c1-5-31-20(29)23-14-8-6-7-13(9-14)19(28)32-11-15(26)16-17(22)25(10-12(2)3)21(30)24(4)18(16)27/h6-9,12H,5,10-11,22H2,1-4H3,(H,23,29). The minimum Gasteiger partial charge on any atom is -0.454 e. The molecule has 1 aromatic carbocycles. The highest BCUT2D eigenvalue weighted by molar-refractivity contribution is 6.02. The van der Waals surface area contributed by atoms with Gasteiger partial charge in [-0.15, -0.1) is 0 Å². The van der Waals surface area contributed by atoms with Crippen LogP contribution in [-0.4, -0.2) is 40.2 Å². The van der Waals surface area contributed by atoms with Gasteiger partial charge in [-0.3, -0.25) is 24.0 Å². The van der Waals surface area contributed by atoms with Gasteiger partial charge in [0.15, 0.2) is 6.61 Å². The molecule has 11 nitrogen and oxygen atoms in total. The Balaban J connectivity index is 2.20. The number of ether oxygens (including phenoxy) is 2. The maximum Gasteiger partial charge on any atom is 0.411 e. The molecule has 0 saturated heterocycles. The van der Waals surface area contributed by atoms with Gasteiger partial charge in [-0.2, -0.15) is 0 Å². The number of hydrogen-bond acceptors (Lipinski definition) is 8. The summed E-state index contributed by atoms with van der Waals surface area (Å²) in [5, 5.41) is 2.45. The highest BCUT2D eigenvalue weighted by atomic mass is 16.5. The van der Waals surface area contributed by atoms with Crippen LogP contribution in [0.4, 0.5) is 16.3 Å². The fourth-order valence-electron chi connectivity index (χ4n) is 2.88. The number of Topliss-reactive ketones (excluding diaryl/α,β-unsaturated/α-hetero) is 1. The summed E-state index contributed by atoms with van der Waals surface area (Å²) in [7, 11) is 1.24. The second kappa shape index (κ2) is 10.4. The van der Waals surface area contributed by atoms with E-state index in [1.54, 1.807) is 13.0 Å². The number of nitrogens with zero attached hydrogens (tertiary/aromatic N) is 2. The normalized spacial score (nSPS) is 10.7. The smallest absolute Gasteiger partial charge is 0.411 e. The van der Waals surface area contributed by atoms with Gasteiger partial charge in [0.25, 0.3) is 5.56 Å². The molecule has 0 bridgehead atoms. The third-order valence-electron chi connectivity index (χ3n) is 4.36. The largest absolute Gasteiger partial charge is 0.454 e. The molecule has 2 rings (SSSR count). The first-order chi connectivity index (χ1) is 15.1. The molecular formula is C21H26N4O7. The summed E-state index contributed by atoms with van der Waals surface area (Å²) in [5.41, 5.74) is 4.39. The predicted octanol–water partition coefficient (Wildman–Crippen LogP) is 1.39. The Hall–Kier alpha value is -3.89. The zero-order valence-electron chi connectivity index (χ0n) is 18.3. The third kappa shape index (κ3) is 5.62. The number of ketones is 1. The molecule has 172 valence electrons. The number of aromatic nitrogens is 2. The molecule has 3 N–H and O–H groups in total. The summed E-state index contributed by atoms with van der Waals surface area (Å²) >= 11 is 0. The quantitative estimate of drug-likeness (QED) is 0.456. The van der Waals surface area contributed by atoms with E-state index >= 15 is 0 Å². The number of rotatable bonds is 8. The van der Waals surface area contributed by atoms with Crippen molar-refractivity contribution in [1.29, 1.82) is 0 Å². The summed E-state index contributed by atoms with van der Waals surface area (Å²) in [5.74, 6) is -1.93. The van der Waals surface area contributed by atoms with Crippen LogP contribution in [0.25, 0.3) is 0 Å². The summed E-state index contributed by atoms with van der Waals surface area (Å²) in [6.07, 6.45) is -0.684. The predicted molar refractivity (Wildman–Crippen MR) is 117 cm³/mol. The minimum atomic E-state index is -0.866. The number of nitrogens with one attached hydrogen (secondary N) is 1. The van der Waals surface area contributed by atoms with Crippen molar-refractivity contribution in [2.45, 2.75) is 27.3 Å². The average molecular weight is 446 g/mol. The van der Waals surface area contributed by atoms with Gasteiger partial charge in [-0.25, -0.2) is 14.4 Å². The molecule has 0 radical (unpaired) electrons. The summed E-state index contributed by atoms with van der Waals surface area (Å²) < 4.78 is 11.7. The number of nitrogens with two attached hydrogens (primary N) is 1. The van der Waals surface area contributed by atoms with Gasteiger partial charge in [0.2, 0.25) is 5.78 Å². The molecule has 1 aromatic heterocycles. The molecule has 0 aliphatic rings. The third-order valence-corrected chi connectivity index (χ3v) is 4.36. The van der Waals surface area contributed by atoms with Gasteiger partial charge in [0.1, 0.15) is 11.4 Å². The molecule has 0 atom stereocenters. The van der Waals surface area contributed by atoms with E-state index in [1.807, 2.05) is 13.8 Å². The second-order valence-corrected chi connectivity index (χ2v) is 7.34. The first-order valence-electron chi connectivity index (χ1n) is 9.90. The van der Waals surface area contributed by atoms with Gasteiger partial charge in [-0.1, -0.05) is 19.9 Å². The number of nitrogen functional groups attached to an aromatic ring is 1. The lowest BCUT2D eigenvalue weighted by molar-refractivity contribution is 0.0474. The Kier molecular flexibility index (Phi) is 7.94. The van der Waals surface area contributed by atoms with Crippen molar-refractivity contribution in [2.75, 3.05) is 24.3 Å². The van der Waals surface area contributed by atoms with E-state index in [2.05, 4.69) is 5.32 Å². The van der Waals surface area contributed by atoms with Crippen molar-refractivity contribution in [1.82, 2.24) is 9.13 Å². The Morgan fingerprint density at radius 1 is 1.16 bits per heavy atom. The van der Waals surface area contributed by atoms with Crippen LogP contribution in [0.1, 0.15) is 41.5 Å². The van der Waals surface area contributed by atoms with E-state index in [0.29, 0.717) is 5.69 Å². The fraction of sp³-hybridized carbons (Fsp3) is 0.381. The summed E-state index contributed by atoms with van der Waals surface area (Å²) in [6, 6.07) is 5.83. The van der Waals surface area contributed by atoms with Crippen LogP contribution in [0.3, 0.4) is 0 Å². The van der Waals surface area contributed by atoms with Crippen molar-refractivity contribution < 1.29 is 23.9 Å². The molecule has 0 aliphatic heterocycles. The van der Waals surface area contributed by atoms with E-state index in [0.717, 1.165) is 9.13 Å². The van der Waals surface area contributed by atoms with Crippen LogP contribution in [0.5, 0.6) is 0 Å². The maximum absolute atomic E-state index is 12.6. The molecule has 2 aromatic rings. The first kappa shape index (κ1) is 24.4. The van der Waals surface area contributed by atoms with Crippen LogP contribution < -0.4 is 22.3 Å². The Labute approximate surface area is 183 Å². The van der Waals surface area contributed by atoms with Crippen molar-refractivity contribution in [3.05, 3.63) is 56.2 Å². The van der Waals surface area contributed by atoms with Crippen LogP contribution in [0.15, 0.2) is 33.9 Å². The van der Waals surface area contributed by atoms with E-state index in [-0.39, 0.29) is 30.5 Å². The lowest BCUT2D eigenvalue weighted by Crippen LogP contribution is -2.43. The van der Waals surface area contributed by atoms with Gasteiger partial charge >= 0.3 is 17.8 Å². The maximum atomic E-state index is 12.6. The molecule has 0 fully saturated rings. The van der Waals surface area contributed by atoms with Crippen molar-refractivity contribution >= 4 is 29.4 Å². The first-order valence-corrected chi connectivity index (χ1v) is 9.90. The van der Waals surface area contributed by atoms with Crippen LogP contribution in [0.2, 0.25) is 0 Å². The molecule has 1 amide bonds. The van der Waals surface area contributed by atoms with E-state index < -0.39 is 41.3 Å². The summed E-state index contributed by atoms with van der Waals surface area (Å²) in [4.78, 5) is 61.3. The second-order valence-electron chi connectivity index (χ2n) is 7.34. The number of esters is 1. The highest BCUT2D eigenvalue weighted by Crippen LogP contribution is 2.13. The number of anilines is 2. The van der Waals surface area contributed by atoms with Crippen LogP contribution >= 0.6 is 0 Å². The Morgan fingerprint density at radius 3 is 2.47 bits per heavy atom. The monoisotopic (exact) mass is 446 g/mol. The molecule has 0 aliphatic carbocycles. The van der Waals surface area contributed by atoms with Gasteiger partial charge < -0.3 is 15.2 Å². The fourth-order valence-corrected chi connectivity index (χ4v) is 2.88. The lowest BCUT2D eigenvalue weighted by atomic mass is 10.1. The Morgan fingerprint density at radius 2 is 1.84 bits per heavy atom. The molecule has 0 unspecified atom stereocenters. The van der Waals surface area contributed by atoms with E-state index in [1.165, 1.54) is 25.2 Å². The average Bonchev–Trinajstić information content (AvgIpc) is 2.74. The van der Waals surface area contributed by atoms with Gasteiger partial charge in [-0.05, 0) is 31.0 Å².